The number of ketones is 1. The summed E-state index contributed by atoms with van der Waals surface area (Å²) in [6, 6.07) is 5.48. The number of hydrogen-bond acceptors (Lipinski definition) is 2. The molecule has 0 spiro atoms. The van der Waals surface area contributed by atoms with Gasteiger partial charge in [-0.2, -0.15) is 0 Å². The predicted molar refractivity (Wildman–Crippen MR) is 67.8 cm³/mol. The number of nitrogens with zero attached hydrogens (tertiary/aromatic N) is 1. The number of Topliss-reactive ketones (excluding diaryl/α,β-unsaturated/α-hetero) is 1. The molecule has 0 N–H and O–H groups in total. The van der Waals surface area contributed by atoms with Gasteiger partial charge in [0.15, 0.2) is 5.78 Å². The second kappa shape index (κ2) is 4.88. The second-order valence-electron chi connectivity index (χ2n) is 4.17. The minimum atomic E-state index is -0.108. The van der Waals surface area contributed by atoms with Crippen molar-refractivity contribution >= 4 is 29.0 Å². The Kier molecular flexibility index (Phi) is 3.48. The van der Waals surface area contributed by atoms with E-state index in [2.05, 4.69) is 0 Å². The minimum Gasteiger partial charge on any atom is -0.312 e. The third-order valence-corrected chi connectivity index (χ3v) is 3.27. The first-order chi connectivity index (χ1) is 8.13. The molecule has 0 saturated heterocycles. The number of carbonyl (C=O) groups is 2. The van der Waals surface area contributed by atoms with Gasteiger partial charge in [0.2, 0.25) is 5.91 Å². The van der Waals surface area contributed by atoms with Gasteiger partial charge in [0.1, 0.15) is 0 Å². The zero-order valence-corrected chi connectivity index (χ0v) is 10.5. The molecule has 90 valence electrons. The van der Waals surface area contributed by atoms with Crippen molar-refractivity contribution in [1.82, 2.24) is 0 Å². The fourth-order valence-electron chi connectivity index (χ4n) is 2.15. The van der Waals surface area contributed by atoms with E-state index in [0.717, 1.165) is 30.6 Å². The van der Waals surface area contributed by atoms with Crippen molar-refractivity contribution in [1.29, 1.82) is 0 Å². The highest BCUT2D eigenvalue weighted by molar-refractivity contribution is 6.30. The van der Waals surface area contributed by atoms with Crippen molar-refractivity contribution in [2.24, 2.45) is 0 Å². The number of fused-ring (bicyclic) bond motifs is 1. The summed E-state index contributed by atoms with van der Waals surface area (Å²) in [4.78, 5) is 24.8. The lowest BCUT2D eigenvalue weighted by Gasteiger charge is -2.28. The smallest absolute Gasteiger partial charge is 0.223 e. The Morgan fingerprint density at radius 2 is 2.18 bits per heavy atom. The van der Waals surface area contributed by atoms with Crippen LogP contribution in [-0.4, -0.2) is 24.1 Å². The van der Waals surface area contributed by atoms with Crippen LogP contribution >= 0.6 is 11.6 Å². The van der Waals surface area contributed by atoms with Crippen molar-refractivity contribution in [3.63, 3.8) is 0 Å². The Morgan fingerprint density at radius 3 is 2.82 bits per heavy atom. The second-order valence-corrected chi connectivity index (χ2v) is 4.44. The van der Waals surface area contributed by atoms with Gasteiger partial charge >= 0.3 is 0 Å². The summed E-state index contributed by atoms with van der Waals surface area (Å²) in [5.74, 6) is -0.122. The molecule has 1 aromatic rings. The van der Waals surface area contributed by atoms with Crippen LogP contribution in [0.1, 0.15) is 29.3 Å². The molecule has 0 bridgehead atoms. The highest BCUT2D eigenvalue weighted by Gasteiger charge is 2.21. The van der Waals surface area contributed by atoms with E-state index >= 15 is 0 Å². The number of alkyl halides is 1. The first-order valence-electron chi connectivity index (χ1n) is 5.63. The number of amides is 1. The van der Waals surface area contributed by atoms with Gasteiger partial charge in [-0.05, 0) is 24.5 Å². The molecule has 1 heterocycles. The summed E-state index contributed by atoms with van der Waals surface area (Å²) in [7, 11) is 0. The maximum atomic E-state index is 11.5. The predicted octanol–water partition coefficient (Wildman–Crippen LogP) is 2.41. The molecule has 3 nitrogen and oxygen atoms in total. The molecule has 0 aliphatic carbocycles. The van der Waals surface area contributed by atoms with E-state index in [4.69, 9.17) is 11.6 Å². The van der Waals surface area contributed by atoms with Gasteiger partial charge in [-0.15, -0.1) is 11.6 Å². The van der Waals surface area contributed by atoms with E-state index < -0.39 is 0 Å². The topological polar surface area (TPSA) is 37.4 Å². The zero-order valence-electron chi connectivity index (χ0n) is 9.70. The summed E-state index contributed by atoms with van der Waals surface area (Å²) < 4.78 is 0. The molecule has 4 heteroatoms. The standard InChI is InChI=1S/C13H14ClNO2/c1-9(16)15-6-2-3-10-4-5-11(7-12(10)15)13(17)8-14/h4-5,7H,2-3,6,8H2,1H3. The summed E-state index contributed by atoms with van der Waals surface area (Å²) in [6.45, 7) is 2.27. The third-order valence-electron chi connectivity index (χ3n) is 3.03. The van der Waals surface area contributed by atoms with Gasteiger partial charge < -0.3 is 4.90 Å². The van der Waals surface area contributed by atoms with Crippen molar-refractivity contribution < 1.29 is 9.59 Å². The van der Waals surface area contributed by atoms with E-state index in [9.17, 15) is 9.59 Å². The van der Waals surface area contributed by atoms with Gasteiger partial charge in [-0.1, -0.05) is 12.1 Å². The summed E-state index contributed by atoms with van der Waals surface area (Å²) in [6.07, 6.45) is 1.92. The number of benzene rings is 1. The van der Waals surface area contributed by atoms with Crippen molar-refractivity contribution in [2.75, 3.05) is 17.3 Å². The lowest BCUT2D eigenvalue weighted by atomic mass is 9.98. The van der Waals surface area contributed by atoms with Crippen LogP contribution in [0.15, 0.2) is 18.2 Å². The molecule has 1 aliphatic heterocycles. The van der Waals surface area contributed by atoms with Crippen molar-refractivity contribution in [3.8, 4) is 0 Å². The maximum absolute atomic E-state index is 11.5. The van der Waals surface area contributed by atoms with Crippen LogP contribution in [0, 0.1) is 0 Å². The number of carbonyl (C=O) groups excluding carboxylic acids is 2. The third kappa shape index (κ3) is 2.34. The van der Waals surface area contributed by atoms with Crippen LogP contribution in [0.25, 0.3) is 0 Å². The SMILES string of the molecule is CC(=O)N1CCCc2ccc(C(=O)CCl)cc21. The van der Waals surface area contributed by atoms with Gasteiger partial charge in [0.25, 0.3) is 0 Å². The summed E-state index contributed by atoms with van der Waals surface area (Å²) in [5.41, 5.74) is 2.56. The van der Waals surface area contributed by atoms with Gasteiger partial charge in [0, 0.05) is 24.7 Å². The lowest BCUT2D eigenvalue weighted by Crippen LogP contribution is -2.33. The number of halogens is 1. The van der Waals surface area contributed by atoms with Crippen LogP contribution in [0.5, 0.6) is 0 Å². The first-order valence-corrected chi connectivity index (χ1v) is 6.17. The molecule has 0 fully saturated rings. The number of anilines is 1. The molecule has 1 aromatic carbocycles. The van der Waals surface area contributed by atoms with Gasteiger partial charge in [-0.3, -0.25) is 9.59 Å². The Labute approximate surface area is 105 Å². The monoisotopic (exact) mass is 251 g/mol. The van der Waals surface area contributed by atoms with E-state index in [1.165, 1.54) is 0 Å². The quantitative estimate of drug-likeness (QED) is 0.598. The lowest BCUT2D eigenvalue weighted by molar-refractivity contribution is -0.116. The van der Waals surface area contributed by atoms with Crippen LogP contribution in [0.4, 0.5) is 5.69 Å². The van der Waals surface area contributed by atoms with Gasteiger partial charge in [0.05, 0.1) is 5.88 Å². The molecule has 0 saturated carbocycles. The van der Waals surface area contributed by atoms with E-state index in [0.29, 0.717) is 5.56 Å². The summed E-state index contributed by atoms with van der Waals surface area (Å²) in [5, 5.41) is 0. The average molecular weight is 252 g/mol. The Morgan fingerprint density at radius 1 is 1.41 bits per heavy atom. The van der Waals surface area contributed by atoms with Gasteiger partial charge in [-0.25, -0.2) is 0 Å². The molecule has 0 atom stereocenters. The Hall–Kier alpha value is -1.35. The fourth-order valence-corrected chi connectivity index (χ4v) is 2.31. The van der Waals surface area contributed by atoms with Crippen LogP contribution < -0.4 is 4.90 Å². The molecule has 0 unspecified atom stereocenters. The number of aryl methyl sites for hydroxylation is 1. The largest absolute Gasteiger partial charge is 0.312 e. The Balaban J connectivity index is 2.44. The molecule has 1 aliphatic rings. The van der Waals surface area contributed by atoms with Crippen LogP contribution in [-0.2, 0) is 11.2 Å². The van der Waals surface area contributed by atoms with E-state index in [-0.39, 0.29) is 17.6 Å². The zero-order chi connectivity index (χ0) is 12.4. The highest BCUT2D eigenvalue weighted by atomic mass is 35.5. The minimum absolute atomic E-state index is 0.0152. The fraction of sp³-hybridized carbons (Fsp3) is 0.385. The highest BCUT2D eigenvalue weighted by Crippen LogP contribution is 2.28. The molecule has 1 amide bonds. The Bertz CT molecular complexity index is 470. The molecule has 0 aromatic heterocycles. The molecule has 2 rings (SSSR count). The molecular weight excluding hydrogens is 238 g/mol. The maximum Gasteiger partial charge on any atom is 0.223 e. The molecule has 17 heavy (non-hydrogen) atoms. The molecular formula is C13H14ClNO2. The van der Waals surface area contributed by atoms with Crippen molar-refractivity contribution in [2.45, 2.75) is 19.8 Å². The number of rotatable bonds is 2. The van der Waals surface area contributed by atoms with E-state index in [1.54, 1.807) is 24.0 Å². The van der Waals surface area contributed by atoms with Crippen molar-refractivity contribution in [3.05, 3.63) is 29.3 Å². The van der Waals surface area contributed by atoms with E-state index in [1.807, 2.05) is 6.07 Å². The summed E-state index contributed by atoms with van der Waals surface area (Å²) >= 11 is 5.54. The van der Waals surface area contributed by atoms with Crippen LogP contribution in [0.3, 0.4) is 0 Å². The molecule has 0 radical (unpaired) electrons. The van der Waals surface area contributed by atoms with Crippen LogP contribution in [0.2, 0.25) is 0 Å². The number of hydrogen-bond donors (Lipinski definition) is 0. The average Bonchev–Trinajstić information content (AvgIpc) is 2.36. The first kappa shape index (κ1) is 12.1. The normalized spacial score (nSPS) is 14.4.